The van der Waals surface area contributed by atoms with Crippen LogP contribution in [0.15, 0.2) is 0 Å². The second-order valence-electron chi connectivity index (χ2n) is 5.69. The van der Waals surface area contributed by atoms with Crippen molar-refractivity contribution in [1.82, 2.24) is 0 Å². The van der Waals surface area contributed by atoms with Gasteiger partial charge in [0.25, 0.3) is 0 Å². The van der Waals surface area contributed by atoms with E-state index in [1.54, 1.807) is 0 Å². The van der Waals surface area contributed by atoms with Crippen molar-refractivity contribution in [2.75, 3.05) is 6.61 Å². The van der Waals surface area contributed by atoms with Gasteiger partial charge in [-0.05, 0) is 6.92 Å². The Balaban J connectivity index is 3.24. The van der Waals surface area contributed by atoms with E-state index in [1.807, 2.05) is 0 Å². The number of hydrogen-bond donors (Lipinski definition) is 1. The third kappa shape index (κ3) is 5.98. The Kier molecular flexibility index (Phi) is 6.88. The van der Waals surface area contributed by atoms with E-state index in [0.717, 1.165) is 27.7 Å². The van der Waals surface area contributed by atoms with Crippen LogP contribution < -0.4 is 0 Å². The Bertz CT molecular complexity index is 540. The Labute approximate surface area is 144 Å². The van der Waals surface area contributed by atoms with Crippen LogP contribution in [0.5, 0.6) is 0 Å². The third-order valence-corrected chi connectivity index (χ3v) is 3.25. The van der Waals surface area contributed by atoms with Crippen LogP contribution in [-0.2, 0) is 42.9 Å². The molecule has 0 aromatic carbocycles. The summed E-state index contributed by atoms with van der Waals surface area (Å²) in [5, 5.41) is 10.5. The molecule has 0 aromatic rings. The Morgan fingerprint density at radius 2 is 1.36 bits per heavy atom. The van der Waals surface area contributed by atoms with Gasteiger partial charge in [0.05, 0.1) is 0 Å². The quantitative estimate of drug-likeness (QED) is 0.501. The predicted molar refractivity (Wildman–Crippen MR) is 78.8 cm³/mol. The van der Waals surface area contributed by atoms with Crippen molar-refractivity contribution in [3.63, 3.8) is 0 Å². The molecule has 0 aliphatic carbocycles. The first-order chi connectivity index (χ1) is 11.4. The first-order valence-corrected chi connectivity index (χ1v) is 7.49. The van der Waals surface area contributed by atoms with Gasteiger partial charge in [-0.25, -0.2) is 0 Å². The van der Waals surface area contributed by atoms with Gasteiger partial charge in [0.15, 0.2) is 18.3 Å². The average molecular weight is 362 g/mol. The molecule has 0 unspecified atom stereocenters. The predicted octanol–water partition coefficient (Wildman–Crippen LogP) is -0.548. The molecule has 1 rings (SSSR count). The lowest BCUT2D eigenvalue weighted by Crippen LogP contribution is -2.67. The first kappa shape index (κ1) is 20.8. The second kappa shape index (κ2) is 8.26. The van der Waals surface area contributed by atoms with Crippen molar-refractivity contribution >= 4 is 23.9 Å². The highest BCUT2D eigenvalue weighted by atomic mass is 16.7. The summed E-state index contributed by atoms with van der Waals surface area (Å²) in [4.78, 5) is 45.3. The second-order valence-corrected chi connectivity index (χ2v) is 5.69. The summed E-state index contributed by atoms with van der Waals surface area (Å²) < 4.78 is 25.5. The minimum Gasteiger partial charge on any atom is -0.463 e. The molecule has 0 spiro atoms. The van der Waals surface area contributed by atoms with Crippen LogP contribution in [0.2, 0.25) is 0 Å². The van der Waals surface area contributed by atoms with Crippen molar-refractivity contribution < 1.29 is 48.0 Å². The van der Waals surface area contributed by atoms with E-state index >= 15 is 0 Å². The zero-order valence-electron chi connectivity index (χ0n) is 14.6. The van der Waals surface area contributed by atoms with Crippen LogP contribution in [0.4, 0.5) is 0 Å². The molecule has 1 saturated heterocycles. The molecule has 1 aliphatic rings. The lowest BCUT2D eigenvalue weighted by atomic mass is 9.92. The van der Waals surface area contributed by atoms with Crippen LogP contribution in [0, 0.1) is 0 Å². The van der Waals surface area contributed by atoms with Crippen LogP contribution in [-0.4, -0.2) is 65.8 Å². The van der Waals surface area contributed by atoms with Crippen molar-refractivity contribution in [3.05, 3.63) is 0 Å². The van der Waals surface area contributed by atoms with Crippen LogP contribution in [0.3, 0.4) is 0 Å². The largest absolute Gasteiger partial charge is 0.463 e. The Hall–Kier alpha value is -2.20. The first-order valence-electron chi connectivity index (χ1n) is 7.49. The van der Waals surface area contributed by atoms with Gasteiger partial charge in [0.1, 0.15) is 12.7 Å². The molecule has 10 nitrogen and oxygen atoms in total. The van der Waals surface area contributed by atoms with Gasteiger partial charge in [-0.1, -0.05) is 0 Å². The van der Waals surface area contributed by atoms with Gasteiger partial charge >= 0.3 is 23.9 Å². The molecule has 0 amide bonds. The number of aliphatic hydroxyl groups is 1. The number of esters is 4. The lowest BCUT2D eigenvalue weighted by molar-refractivity contribution is -0.344. The molecule has 0 radical (unpaired) electrons. The molecule has 0 aromatic heterocycles. The summed E-state index contributed by atoms with van der Waals surface area (Å²) in [5.74, 6) is -4.99. The van der Waals surface area contributed by atoms with Crippen LogP contribution >= 0.6 is 0 Å². The lowest BCUT2D eigenvalue weighted by Gasteiger charge is -2.47. The van der Waals surface area contributed by atoms with Crippen LogP contribution in [0.25, 0.3) is 0 Å². The minimum atomic E-state index is -2.09. The maximum atomic E-state index is 11.4. The van der Waals surface area contributed by atoms with Gasteiger partial charge in [0, 0.05) is 27.7 Å². The Morgan fingerprint density at radius 1 is 0.880 bits per heavy atom. The summed E-state index contributed by atoms with van der Waals surface area (Å²) in [6.45, 7) is 5.26. The molecule has 1 fully saturated rings. The van der Waals surface area contributed by atoms with Gasteiger partial charge in [-0.2, -0.15) is 0 Å². The van der Waals surface area contributed by atoms with E-state index in [4.69, 9.17) is 23.7 Å². The third-order valence-electron chi connectivity index (χ3n) is 3.25. The Morgan fingerprint density at radius 3 is 1.80 bits per heavy atom. The van der Waals surface area contributed by atoms with E-state index in [0.29, 0.717) is 0 Å². The number of ether oxygens (including phenoxy) is 5. The minimum absolute atomic E-state index is 0.381. The highest BCUT2D eigenvalue weighted by Gasteiger charge is 2.57. The van der Waals surface area contributed by atoms with E-state index in [2.05, 4.69) is 0 Å². The van der Waals surface area contributed by atoms with E-state index < -0.39 is 54.1 Å². The summed E-state index contributed by atoms with van der Waals surface area (Å²) in [6, 6.07) is 0. The fraction of sp³-hybridized carbons (Fsp3) is 0.733. The number of hydrogen-bond acceptors (Lipinski definition) is 10. The molecule has 5 atom stereocenters. The number of carbonyl (C=O) groups excluding carboxylic acids is 4. The molecular weight excluding hydrogens is 340 g/mol. The summed E-state index contributed by atoms with van der Waals surface area (Å²) in [6.07, 6.45) is -5.26. The van der Waals surface area contributed by atoms with Crippen LogP contribution in [0.1, 0.15) is 34.6 Å². The highest BCUT2D eigenvalue weighted by Crippen LogP contribution is 2.34. The molecular formula is C15H22O10. The molecule has 25 heavy (non-hydrogen) atoms. The summed E-state index contributed by atoms with van der Waals surface area (Å²) in [7, 11) is 0. The summed E-state index contributed by atoms with van der Waals surface area (Å²) >= 11 is 0. The molecule has 10 heteroatoms. The number of carbonyl (C=O) groups is 4. The maximum absolute atomic E-state index is 11.4. The molecule has 1 aliphatic heterocycles. The standard InChI is InChI=1S/C15H22O10/c1-7(16)21-6-11-12(22-8(2)17)13(23-9(3)18)14(24-10(4)19)15(5,20)25-11/h11-14,20H,6H2,1-5H3/t11-,12-,13+,14+,15+/m1/s1. The molecule has 0 bridgehead atoms. The summed E-state index contributed by atoms with van der Waals surface area (Å²) in [5.41, 5.74) is 0. The zero-order valence-corrected chi connectivity index (χ0v) is 14.6. The normalized spacial score (nSPS) is 31.6. The fourth-order valence-corrected chi connectivity index (χ4v) is 2.47. The van der Waals surface area contributed by atoms with Crippen molar-refractivity contribution in [2.24, 2.45) is 0 Å². The highest BCUT2D eigenvalue weighted by molar-refractivity contribution is 5.68. The monoisotopic (exact) mass is 362 g/mol. The molecule has 142 valence electrons. The van der Waals surface area contributed by atoms with Gasteiger partial charge < -0.3 is 28.8 Å². The number of rotatable bonds is 5. The van der Waals surface area contributed by atoms with E-state index in [9.17, 15) is 24.3 Å². The smallest absolute Gasteiger partial charge is 0.303 e. The van der Waals surface area contributed by atoms with Crippen molar-refractivity contribution in [3.8, 4) is 0 Å². The van der Waals surface area contributed by atoms with Gasteiger partial charge in [0.2, 0.25) is 5.79 Å². The molecule has 1 N–H and O–H groups in total. The molecule has 1 heterocycles. The zero-order chi connectivity index (χ0) is 19.4. The molecule has 0 saturated carbocycles. The van der Waals surface area contributed by atoms with Crippen molar-refractivity contribution in [1.29, 1.82) is 0 Å². The SMILES string of the molecule is CC(=O)OC[C@H]1O[C@](C)(O)[C@@H](OC(C)=O)[C@@H](OC(C)=O)[C@@H]1OC(C)=O. The van der Waals surface area contributed by atoms with E-state index in [-0.39, 0.29) is 6.61 Å². The van der Waals surface area contributed by atoms with Gasteiger partial charge in [-0.3, -0.25) is 19.2 Å². The van der Waals surface area contributed by atoms with E-state index in [1.165, 1.54) is 6.92 Å². The average Bonchev–Trinajstić information content (AvgIpc) is 2.42. The fourth-order valence-electron chi connectivity index (χ4n) is 2.47. The topological polar surface area (TPSA) is 135 Å². The van der Waals surface area contributed by atoms with Crippen molar-refractivity contribution in [2.45, 2.75) is 64.8 Å². The maximum Gasteiger partial charge on any atom is 0.303 e. The van der Waals surface area contributed by atoms with Gasteiger partial charge in [-0.15, -0.1) is 0 Å².